The van der Waals surface area contributed by atoms with E-state index < -0.39 is 16.1 Å². The molecule has 4 rings (SSSR count). The molecular weight excluding hydrogens is 424 g/mol. The van der Waals surface area contributed by atoms with Gasteiger partial charge < -0.3 is 4.74 Å². The summed E-state index contributed by atoms with van der Waals surface area (Å²) in [5, 5.41) is 0. The topological polar surface area (TPSA) is 76.6 Å². The zero-order valence-corrected chi connectivity index (χ0v) is 18.6. The average Bonchev–Trinajstić information content (AvgIpc) is 3.39. The lowest BCUT2D eigenvalue weighted by molar-refractivity contribution is -0.147. The Labute approximate surface area is 188 Å². The van der Waals surface area contributed by atoms with Crippen LogP contribution in [-0.2, 0) is 26.0 Å². The van der Waals surface area contributed by atoms with Gasteiger partial charge in [0.2, 0.25) is 10.0 Å². The fourth-order valence-corrected chi connectivity index (χ4v) is 5.32. The van der Waals surface area contributed by atoms with Gasteiger partial charge in [-0.05, 0) is 54.7 Å². The molecule has 0 aliphatic carbocycles. The summed E-state index contributed by atoms with van der Waals surface area (Å²) in [6.45, 7) is 1.16. The number of hydrogen-bond donors (Lipinski definition) is 0. The van der Waals surface area contributed by atoms with Crippen molar-refractivity contribution >= 4 is 16.0 Å². The Balaban J connectivity index is 1.39. The number of carbonyl (C=O) groups excluding carboxylic acids is 1. The molecule has 1 aliphatic heterocycles. The number of benzene rings is 2. The van der Waals surface area contributed by atoms with Crippen molar-refractivity contribution in [1.82, 2.24) is 9.29 Å². The molecule has 6 nitrogen and oxygen atoms in total. The number of ether oxygens (including phenoxy) is 1. The lowest BCUT2D eigenvalue weighted by Gasteiger charge is -2.18. The van der Waals surface area contributed by atoms with E-state index in [1.165, 1.54) is 4.31 Å². The maximum absolute atomic E-state index is 12.6. The van der Waals surface area contributed by atoms with Crippen molar-refractivity contribution in [3.63, 3.8) is 0 Å². The molecule has 0 bridgehead atoms. The smallest absolute Gasteiger partial charge is 0.307 e. The molecule has 1 saturated heterocycles. The van der Waals surface area contributed by atoms with Crippen LogP contribution < -0.4 is 0 Å². The second-order valence-electron chi connectivity index (χ2n) is 7.79. The fraction of sp³-hybridized carbons (Fsp3) is 0.280. The van der Waals surface area contributed by atoms with E-state index in [4.69, 9.17) is 4.74 Å². The van der Waals surface area contributed by atoms with E-state index in [1.807, 2.05) is 48.5 Å². The van der Waals surface area contributed by atoms with Crippen LogP contribution in [0.3, 0.4) is 0 Å². The molecule has 1 fully saturated rings. The maximum atomic E-state index is 12.6. The van der Waals surface area contributed by atoms with Gasteiger partial charge in [0.15, 0.2) is 6.10 Å². The third-order valence-electron chi connectivity index (χ3n) is 5.55. The molecule has 1 aromatic heterocycles. The summed E-state index contributed by atoms with van der Waals surface area (Å²) in [7, 11) is -3.43. The number of hydrogen-bond acceptors (Lipinski definition) is 5. The fourth-order valence-electron chi connectivity index (χ4n) is 3.80. The third kappa shape index (κ3) is 5.23. The van der Waals surface area contributed by atoms with Crippen LogP contribution in [0.15, 0.2) is 83.9 Å². The quantitative estimate of drug-likeness (QED) is 0.482. The van der Waals surface area contributed by atoms with Crippen LogP contribution >= 0.6 is 0 Å². The Morgan fingerprint density at radius 1 is 0.938 bits per heavy atom. The van der Waals surface area contributed by atoms with Crippen LogP contribution in [0.4, 0.5) is 0 Å². The van der Waals surface area contributed by atoms with Gasteiger partial charge in [-0.2, -0.15) is 4.31 Å². The van der Waals surface area contributed by atoms with Gasteiger partial charge in [0, 0.05) is 25.7 Å². The molecule has 32 heavy (non-hydrogen) atoms. The van der Waals surface area contributed by atoms with Crippen LogP contribution in [-0.4, -0.2) is 36.8 Å². The minimum atomic E-state index is -3.43. The van der Waals surface area contributed by atoms with Crippen molar-refractivity contribution in [3.8, 4) is 0 Å². The molecular formula is C25H26N2O4S. The number of pyridine rings is 1. The molecule has 2 heterocycles. The predicted octanol–water partition coefficient (Wildman–Crippen LogP) is 4.13. The minimum Gasteiger partial charge on any atom is -0.451 e. The van der Waals surface area contributed by atoms with E-state index in [1.54, 1.807) is 30.5 Å². The molecule has 0 amide bonds. The van der Waals surface area contributed by atoms with Crippen molar-refractivity contribution in [2.45, 2.75) is 36.7 Å². The average molecular weight is 451 g/mol. The number of esters is 1. The van der Waals surface area contributed by atoms with Crippen molar-refractivity contribution in [2.24, 2.45) is 0 Å². The predicted molar refractivity (Wildman–Crippen MR) is 121 cm³/mol. The number of aryl methyl sites for hydroxylation is 1. The number of rotatable bonds is 8. The summed E-state index contributed by atoms with van der Waals surface area (Å²) in [4.78, 5) is 17.3. The molecule has 0 spiro atoms. The summed E-state index contributed by atoms with van der Waals surface area (Å²) in [5.74, 6) is -0.335. The van der Waals surface area contributed by atoms with Crippen molar-refractivity contribution in [2.75, 3.05) is 13.1 Å². The van der Waals surface area contributed by atoms with E-state index >= 15 is 0 Å². The first kappa shape index (κ1) is 22.2. The van der Waals surface area contributed by atoms with Gasteiger partial charge in [0.05, 0.1) is 10.6 Å². The Morgan fingerprint density at radius 3 is 2.28 bits per heavy atom. The van der Waals surface area contributed by atoms with Crippen LogP contribution in [0, 0.1) is 0 Å². The summed E-state index contributed by atoms with van der Waals surface area (Å²) in [5.41, 5.74) is 2.41. The van der Waals surface area contributed by atoms with Gasteiger partial charge in [-0.15, -0.1) is 0 Å². The van der Waals surface area contributed by atoms with Crippen LogP contribution in [0.2, 0.25) is 0 Å². The number of nitrogens with zero attached hydrogens (tertiary/aromatic N) is 2. The van der Waals surface area contributed by atoms with E-state index in [-0.39, 0.29) is 12.4 Å². The largest absolute Gasteiger partial charge is 0.451 e. The highest BCUT2D eigenvalue weighted by molar-refractivity contribution is 7.89. The SMILES string of the molecule is O=C(CCc1ccc(S(=O)(=O)N2CCCC2)cc1)OC(c1ccccc1)c1ccccn1. The Morgan fingerprint density at radius 2 is 1.62 bits per heavy atom. The van der Waals surface area contributed by atoms with Gasteiger partial charge >= 0.3 is 5.97 Å². The first-order valence-electron chi connectivity index (χ1n) is 10.8. The molecule has 0 radical (unpaired) electrons. The highest BCUT2D eigenvalue weighted by atomic mass is 32.2. The second-order valence-corrected chi connectivity index (χ2v) is 9.73. The van der Waals surface area contributed by atoms with Gasteiger partial charge in [0.1, 0.15) is 0 Å². The van der Waals surface area contributed by atoms with E-state index in [0.717, 1.165) is 24.0 Å². The number of sulfonamides is 1. The highest BCUT2D eigenvalue weighted by Crippen LogP contribution is 2.25. The lowest BCUT2D eigenvalue weighted by atomic mass is 10.1. The van der Waals surface area contributed by atoms with Crippen LogP contribution in [0.25, 0.3) is 0 Å². The van der Waals surface area contributed by atoms with Gasteiger partial charge in [-0.1, -0.05) is 48.5 Å². The molecule has 7 heteroatoms. The van der Waals surface area contributed by atoms with Gasteiger partial charge in [0.25, 0.3) is 0 Å². The Kier molecular flexibility index (Phi) is 6.97. The first-order chi connectivity index (χ1) is 15.5. The summed E-state index contributed by atoms with van der Waals surface area (Å²) in [6.07, 6.45) is 3.57. The van der Waals surface area contributed by atoms with Gasteiger partial charge in [-0.25, -0.2) is 8.42 Å². The van der Waals surface area contributed by atoms with Crippen molar-refractivity contribution in [3.05, 3.63) is 95.8 Å². The normalized spacial score (nSPS) is 15.4. The molecule has 0 N–H and O–H groups in total. The number of aromatic nitrogens is 1. The minimum absolute atomic E-state index is 0.189. The lowest BCUT2D eigenvalue weighted by Crippen LogP contribution is -2.27. The maximum Gasteiger partial charge on any atom is 0.307 e. The Bertz CT molecular complexity index is 1090. The van der Waals surface area contributed by atoms with Gasteiger partial charge in [-0.3, -0.25) is 9.78 Å². The second kappa shape index (κ2) is 10.1. The monoisotopic (exact) mass is 450 g/mol. The molecule has 1 atom stereocenters. The summed E-state index contributed by atoms with van der Waals surface area (Å²) < 4.78 is 32.6. The standard InChI is InChI=1S/C25H26N2O4S/c28-24(31-25(21-8-2-1-3-9-21)23-10-4-5-17-26-23)16-13-20-11-14-22(15-12-20)32(29,30)27-18-6-7-19-27/h1-5,8-12,14-15,17,25H,6-7,13,16,18-19H2. The van der Waals surface area contributed by atoms with Crippen molar-refractivity contribution in [1.29, 1.82) is 0 Å². The highest BCUT2D eigenvalue weighted by Gasteiger charge is 2.27. The first-order valence-corrected chi connectivity index (χ1v) is 12.2. The number of carbonyl (C=O) groups is 1. The molecule has 0 saturated carbocycles. The molecule has 1 unspecified atom stereocenters. The third-order valence-corrected chi connectivity index (χ3v) is 7.46. The molecule has 2 aromatic carbocycles. The zero-order valence-electron chi connectivity index (χ0n) is 17.8. The van der Waals surface area contributed by atoms with Crippen LogP contribution in [0.5, 0.6) is 0 Å². The summed E-state index contributed by atoms with van der Waals surface area (Å²) >= 11 is 0. The van der Waals surface area contributed by atoms with Crippen molar-refractivity contribution < 1.29 is 17.9 Å². The molecule has 166 valence electrons. The zero-order chi connectivity index (χ0) is 22.4. The summed E-state index contributed by atoms with van der Waals surface area (Å²) in [6, 6.07) is 21.8. The van der Waals surface area contributed by atoms with E-state index in [2.05, 4.69) is 4.98 Å². The van der Waals surface area contributed by atoms with E-state index in [9.17, 15) is 13.2 Å². The van der Waals surface area contributed by atoms with E-state index in [0.29, 0.717) is 30.1 Å². The Hall–Kier alpha value is -3.03. The van der Waals surface area contributed by atoms with Crippen LogP contribution in [0.1, 0.15) is 42.2 Å². The molecule has 1 aliphatic rings. The molecule has 3 aromatic rings.